The van der Waals surface area contributed by atoms with Crippen LogP contribution in [0.15, 0.2) is 16.8 Å². The van der Waals surface area contributed by atoms with Gasteiger partial charge in [-0.15, -0.1) is 0 Å². The number of thiophene rings is 1. The lowest BCUT2D eigenvalue weighted by molar-refractivity contribution is -0.151. The summed E-state index contributed by atoms with van der Waals surface area (Å²) in [5.41, 5.74) is 1.22. The quantitative estimate of drug-likeness (QED) is 0.908. The monoisotopic (exact) mass is 308 g/mol. The van der Waals surface area contributed by atoms with Crippen LogP contribution in [0.4, 0.5) is 0 Å². The fourth-order valence-corrected chi connectivity index (χ4v) is 3.61. The largest absolute Gasteiger partial charge is 0.343 e. The minimum Gasteiger partial charge on any atom is -0.343 e. The molecule has 21 heavy (non-hydrogen) atoms. The summed E-state index contributed by atoms with van der Waals surface area (Å²) in [6.45, 7) is 7.97. The van der Waals surface area contributed by atoms with Gasteiger partial charge in [-0.05, 0) is 55.0 Å². The van der Waals surface area contributed by atoms with E-state index in [1.54, 1.807) is 16.2 Å². The van der Waals surface area contributed by atoms with E-state index in [0.717, 1.165) is 6.42 Å². The zero-order valence-electron chi connectivity index (χ0n) is 13.1. The highest BCUT2D eigenvalue weighted by atomic mass is 32.1. The van der Waals surface area contributed by atoms with Crippen LogP contribution >= 0.6 is 11.3 Å². The van der Waals surface area contributed by atoms with Gasteiger partial charge in [-0.3, -0.25) is 9.59 Å². The normalized spacial score (nSPS) is 24.3. The first-order valence-corrected chi connectivity index (χ1v) is 8.48. The summed E-state index contributed by atoms with van der Waals surface area (Å²) >= 11 is 1.66. The van der Waals surface area contributed by atoms with Gasteiger partial charge in [0.2, 0.25) is 11.8 Å². The van der Waals surface area contributed by atoms with Gasteiger partial charge in [-0.2, -0.15) is 11.3 Å². The van der Waals surface area contributed by atoms with E-state index in [1.807, 2.05) is 19.2 Å². The van der Waals surface area contributed by atoms with E-state index in [4.69, 9.17) is 0 Å². The topological polar surface area (TPSA) is 49.4 Å². The summed E-state index contributed by atoms with van der Waals surface area (Å²) in [6, 6.07) is 1.34. The number of rotatable bonds is 5. The standard InChI is InChI=1S/C16H24N2O2S/c1-10(2)7-14-16(20)18(12(4)15(19)17-14)11(3)8-13-5-6-21-9-13/h5-6,9-12,14H,7-8H2,1-4H3,(H,17,19). The molecule has 0 spiro atoms. The van der Waals surface area contributed by atoms with Crippen LogP contribution < -0.4 is 5.32 Å². The summed E-state index contributed by atoms with van der Waals surface area (Å²) in [5, 5.41) is 7.00. The van der Waals surface area contributed by atoms with Crippen molar-refractivity contribution in [3.8, 4) is 0 Å². The van der Waals surface area contributed by atoms with Crippen molar-refractivity contribution in [1.82, 2.24) is 10.2 Å². The fraction of sp³-hybridized carbons (Fsp3) is 0.625. The molecular weight excluding hydrogens is 284 g/mol. The minimum atomic E-state index is -0.394. The Hall–Kier alpha value is -1.36. The number of carbonyl (C=O) groups excluding carboxylic acids is 2. The number of amides is 2. The molecule has 3 unspecified atom stereocenters. The molecule has 0 saturated carbocycles. The Bertz CT molecular complexity index is 498. The first kappa shape index (κ1) is 16.0. The highest BCUT2D eigenvalue weighted by Crippen LogP contribution is 2.21. The maximum atomic E-state index is 12.7. The molecule has 0 bridgehead atoms. The molecule has 2 rings (SSSR count). The molecule has 2 heterocycles. The fourth-order valence-electron chi connectivity index (χ4n) is 2.93. The van der Waals surface area contributed by atoms with Gasteiger partial charge >= 0.3 is 0 Å². The zero-order valence-corrected chi connectivity index (χ0v) is 13.9. The van der Waals surface area contributed by atoms with Crippen LogP contribution in [0.1, 0.15) is 39.7 Å². The summed E-state index contributed by atoms with van der Waals surface area (Å²) in [7, 11) is 0. The highest BCUT2D eigenvalue weighted by molar-refractivity contribution is 7.07. The third-order valence-corrected chi connectivity index (χ3v) is 4.69. The van der Waals surface area contributed by atoms with Crippen LogP contribution in [-0.4, -0.2) is 34.8 Å². The number of carbonyl (C=O) groups is 2. The van der Waals surface area contributed by atoms with Crippen LogP contribution in [0.2, 0.25) is 0 Å². The lowest BCUT2D eigenvalue weighted by Gasteiger charge is -2.41. The van der Waals surface area contributed by atoms with E-state index in [1.165, 1.54) is 5.56 Å². The molecule has 1 aliphatic heterocycles. The molecular formula is C16H24N2O2S. The summed E-state index contributed by atoms with van der Waals surface area (Å²) < 4.78 is 0. The molecule has 0 aromatic carbocycles. The van der Waals surface area contributed by atoms with Crippen molar-refractivity contribution in [2.45, 2.75) is 58.7 Å². The molecule has 0 aliphatic carbocycles. The average Bonchev–Trinajstić information content (AvgIpc) is 2.88. The SMILES string of the molecule is CC(C)CC1NC(=O)C(C)N(C(C)Cc2ccsc2)C1=O. The van der Waals surface area contributed by atoms with E-state index in [0.29, 0.717) is 12.3 Å². The molecule has 1 N–H and O–H groups in total. The first-order chi connectivity index (χ1) is 9.90. The van der Waals surface area contributed by atoms with Gasteiger partial charge in [0.1, 0.15) is 12.1 Å². The lowest BCUT2D eigenvalue weighted by Crippen LogP contribution is -2.64. The van der Waals surface area contributed by atoms with E-state index in [-0.39, 0.29) is 23.9 Å². The molecule has 1 fully saturated rings. The number of piperazine rings is 1. The molecule has 1 saturated heterocycles. The Balaban J connectivity index is 2.13. The number of hydrogen-bond acceptors (Lipinski definition) is 3. The first-order valence-electron chi connectivity index (χ1n) is 7.53. The maximum absolute atomic E-state index is 12.7. The predicted octanol–water partition coefficient (Wildman–Crippen LogP) is 2.44. The van der Waals surface area contributed by atoms with Gasteiger partial charge < -0.3 is 10.2 Å². The van der Waals surface area contributed by atoms with E-state index in [2.05, 4.69) is 30.6 Å². The van der Waals surface area contributed by atoms with Crippen molar-refractivity contribution in [1.29, 1.82) is 0 Å². The van der Waals surface area contributed by atoms with Crippen molar-refractivity contribution in [3.05, 3.63) is 22.4 Å². The van der Waals surface area contributed by atoms with Gasteiger partial charge in [0, 0.05) is 6.04 Å². The van der Waals surface area contributed by atoms with Gasteiger partial charge in [0.05, 0.1) is 0 Å². The Morgan fingerprint density at radius 3 is 2.62 bits per heavy atom. The van der Waals surface area contributed by atoms with Crippen LogP contribution in [0, 0.1) is 5.92 Å². The van der Waals surface area contributed by atoms with E-state index in [9.17, 15) is 9.59 Å². The van der Waals surface area contributed by atoms with Gasteiger partial charge in [0.25, 0.3) is 0 Å². The molecule has 5 heteroatoms. The van der Waals surface area contributed by atoms with Gasteiger partial charge in [0.15, 0.2) is 0 Å². The van der Waals surface area contributed by atoms with Crippen LogP contribution in [0.25, 0.3) is 0 Å². The second-order valence-electron chi connectivity index (χ2n) is 6.30. The summed E-state index contributed by atoms with van der Waals surface area (Å²) in [6.07, 6.45) is 1.49. The Kier molecular flexibility index (Phi) is 5.04. The van der Waals surface area contributed by atoms with Crippen LogP contribution in [0.3, 0.4) is 0 Å². The number of nitrogens with zero attached hydrogens (tertiary/aromatic N) is 1. The lowest BCUT2D eigenvalue weighted by atomic mass is 9.96. The van der Waals surface area contributed by atoms with Gasteiger partial charge in [-0.25, -0.2) is 0 Å². The molecule has 0 radical (unpaired) electrons. The molecule has 116 valence electrons. The van der Waals surface area contributed by atoms with Crippen molar-refractivity contribution in [3.63, 3.8) is 0 Å². The summed E-state index contributed by atoms with van der Waals surface area (Å²) in [5.74, 6) is 0.387. The highest BCUT2D eigenvalue weighted by Gasteiger charge is 2.40. The molecule has 2 amide bonds. The average molecular weight is 308 g/mol. The maximum Gasteiger partial charge on any atom is 0.246 e. The third kappa shape index (κ3) is 3.64. The number of hydrogen-bond donors (Lipinski definition) is 1. The number of nitrogens with one attached hydrogen (secondary N) is 1. The minimum absolute atomic E-state index is 0.0304. The van der Waals surface area contributed by atoms with Crippen molar-refractivity contribution in [2.75, 3.05) is 0 Å². The van der Waals surface area contributed by atoms with Gasteiger partial charge in [-0.1, -0.05) is 13.8 Å². The Morgan fingerprint density at radius 1 is 1.33 bits per heavy atom. The molecule has 1 aliphatic rings. The van der Waals surface area contributed by atoms with Crippen molar-refractivity contribution in [2.24, 2.45) is 5.92 Å². The van der Waals surface area contributed by atoms with E-state index < -0.39 is 6.04 Å². The predicted molar refractivity (Wildman–Crippen MR) is 85.2 cm³/mol. The molecule has 4 nitrogen and oxygen atoms in total. The third-order valence-electron chi connectivity index (χ3n) is 3.96. The Labute approximate surface area is 130 Å². The zero-order chi connectivity index (χ0) is 15.6. The van der Waals surface area contributed by atoms with Crippen molar-refractivity contribution >= 4 is 23.2 Å². The Morgan fingerprint density at radius 2 is 2.05 bits per heavy atom. The van der Waals surface area contributed by atoms with Crippen LogP contribution in [-0.2, 0) is 16.0 Å². The molecule has 1 aromatic rings. The van der Waals surface area contributed by atoms with Crippen LogP contribution in [0.5, 0.6) is 0 Å². The second kappa shape index (κ2) is 6.60. The molecule has 1 aromatic heterocycles. The smallest absolute Gasteiger partial charge is 0.246 e. The van der Waals surface area contributed by atoms with Crippen molar-refractivity contribution < 1.29 is 9.59 Å². The second-order valence-corrected chi connectivity index (χ2v) is 7.08. The van der Waals surface area contributed by atoms with E-state index >= 15 is 0 Å². The summed E-state index contributed by atoms with van der Waals surface area (Å²) in [4.78, 5) is 26.6. The molecule has 3 atom stereocenters.